The van der Waals surface area contributed by atoms with E-state index in [1.54, 1.807) is 0 Å². The van der Waals surface area contributed by atoms with E-state index in [0.29, 0.717) is 13.0 Å². The molecule has 3 N–H and O–H groups in total. The molecule has 0 aliphatic rings. The predicted molar refractivity (Wildman–Crippen MR) is 66.0 cm³/mol. The minimum Gasteiger partial charge on any atom is -0.480 e. The Hall–Kier alpha value is -1.30. The van der Waals surface area contributed by atoms with Gasteiger partial charge in [-0.1, -0.05) is 19.8 Å². The van der Waals surface area contributed by atoms with E-state index in [-0.39, 0.29) is 0 Å². The first-order chi connectivity index (χ1) is 7.97. The van der Waals surface area contributed by atoms with E-state index < -0.39 is 18.0 Å². The molecule has 6 nitrogen and oxygen atoms in total. The monoisotopic (exact) mass is 245 g/mol. The third kappa shape index (κ3) is 8.50. The number of amides is 2. The van der Waals surface area contributed by atoms with Gasteiger partial charge in [0, 0.05) is 13.1 Å². The van der Waals surface area contributed by atoms with Crippen molar-refractivity contribution in [1.82, 2.24) is 15.5 Å². The van der Waals surface area contributed by atoms with Gasteiger partial charge in [0.25, 0.3) is 0 Å². The Morgan fingerprint density at radius 3 is 2.47 bits per heavy atom. The van der Waals surface area contributed by atoms with E-state index >= 15 is 0 Å². The molecule has 0 radical (unpaired) electrons. The highest BCUT2D eigenvalue weighted by atomic mass is 16.4. The lowest BCUT2D eigenvalue weighted by atomic mass is 10.1. The maximum atomic E-state index is 11.4. The molecule has 6 heteroatoms. The summed E-state index contributed by atoms with van der Waals surface area (Å²) in [6.07, 6.45) is 2.16. The number of hydrogen-bond acceptors (Lipinski definition) is 3. The number of rotatable bonds is 8. The maximum Gasteiger partial charge on any atom is 0.326 e. The lowest BCUT2D eigenvalue weighted by molar-refractivity contribution is -0.139. The Morgan fingerprint density at radius 1 is 1.35 bits per heavy atom. The molecule has 0 saturated carbocycles. The molecule has 100 valence electrons. The first kappa shape index (κ1) is 15.7. The van der Waals surface area contributed by atoms with Gasteiger partial charge in [-0.3, -0.25) is 0 Å². The van der Waals surface area contributed by atoms with Crippen LogP contribution in [0.5, 0.6) is 0 Å². The summed E-state index contributed by atoms with van der Waals surface area (Å²) in [6.45, 7) is 3.20. The fourth-order valence-electron chi connectivity index (χ4n) is 1.27. The third-order valence-electron chi connectivity index (χ3n) is 2.29. The summed E-state index contributed by atoms with van der Waals surface area (Å²) < 4.78 is 0. The van der Waals surface area contributed by atoms with E-state index in [1.165, 1.54) is 0 Å². The Kier molecular flexibility index (Phi) is 8.13. The maximum absolute atomic E-state index is 11.4. The number of likely N-dealkylation sites (N-methyl/N-ethyl adjacent to an activating group) is 1. The highest BCUT2D eigenvalue weighted by molar-refractivity contribution is 5.82. The molecular formula is C11H23N3O3. The quantitative estimate of drug-likeness (QED) is 0.581. The number of nitrogens with one attached hydrogen (secondary N) is 2. The van der Waals surface area contributed by atoms with Gasteiger partial charge in [-0.25, -0.2) is 9.59 Å². The number of urea groups is 1. The molecule has 0 bridgehead atoms. The summed E-state index contributed by atoms with van der Waals surface area (Å²) in [5.74, 6) is -0.985. The van der Waals surface area contributed by atoms with E-state index in [1.807, 2.05) is 25.9 Å². The summed E-state index contributed by atoms with van der Waals surface area (Å²) in [7, 11) is 3.81. The van der Waals surface area contributed by atoms with Crippen molar-refractivity contribution in [1.29, 1.82) is 0 Å². The SMILES string of the molecule is CCCC[C@H](NC(=O)NCCN(C)C)C(=O)O. The lowest BCUT2D eigenvalue weighted by Crippen LogP contribution is -2.47. The molecule has 0 aromatic carbocycles. The molecule has 0 fully saturated rings. The summed E-state index contributed by atoms with van der Waals surface area (Å²) in [5.41, 5.74) is 0. The third-order valence-corrected chi connectivity index (χ3v) is 2.29. The van der Waals surface area contributed by atoms with Crippen molar-refractivity contribution >= 4 is 12.0 Å². The fraction of sp³-hybridized carbons (Fsp3) is 0.818. The zero-order chi connectivity index (χ0) is 13.3. The van der Waals surface area contributed by atoms with Crippen LogP contribution in [0.2, 0.25) is 0 Å². The van der Waals surface area contributed by atoms with Crippen LogP contribution in [0.4, 0.5) is 4.79 Å². The second kappa shape index (κ2) is 8.81. The van der Waals surface area contributed by atoms with Crippen molar-refractivity contribution in [2.45, 2.75) is 32.2 Å². The van der Waals surface area contributed by atoms with Gasteiger partial charge in [0.2, 0.25) is 0 Å². The second-order valence-electron chi connectivity index (χ2n) is 4.24. The predicted octanol–water partition coefficient (Wildman–Crippen LogP) is 0.491. The molecule has 0 aromatic heterocycles. The van der Waals surface area contributed by atoms with Crippen molar-refractivity contribution < 1.29 is 14.7 Å². The Morgan fingerprint density at radius 2 is 2.00 bits per heavy atom. The molecule has 0 saturated heterocycles. The molecule has 0 rings (SSSR count). The van der Waals surface area contributed by atoms with E-state index in [0.717, 1.165) is 19.4 Å². The van der Waals surface area contributed by atoms with Gasteiger partial charge in [-0.05, 0) is 20.5 Å². The van der Waals surface area contributed by atoms with Gasteiger partial charge in [0.1, 0.15) is 6.04 Å². The van der Waals surface area contributed by atoms with Gasteiger partial charge < -0.3 is 20.6 Å². The van der Waals surface area contributed by atoms with Crippen LogP contribution in [0.25, 0.3) is 0 Å². The molecule has 0 heterocycles. The topological polar surface area (TPSA) is 81.7 Å². The number of carbonyl (C=O) groups excluding carboxylic acids is 1. The average molecular weight is 245 g/mol. The van der Waals surface area contributed by atoms with Crippen LogP contribution in [0.1, 0.15) is 26.2 Å². The first-order valence-corrected chi connectivity index (χ1v) is 5.89. The zero-order valence-electron chi connectivity index (χ0n) is 10.8. The largest absolute Gasteiger partial charge is 0.480 e. The van der Waals surface area contributed by atoms with Crippen LogP contribution < -0.4 is 10.6 Å². The normalized spacial score (nSPS) is 12.2. The molecule has 0 aliphatic heterocycles. The molecule has 1 atom stereocenters. The minimum atomic E-state index is -0.985. The highest BCUT2D eigenvalue weighted by Crippen LogP contribution is 2.00. The lowest BCUT2D eigenvalue weighted by Gasteiger charge is -2.15. The van der Waals surface area contributed by atoms with Crippen LogP contribution >= 0.6 is 0 Å². The van der Waals surface area contributed by atoms with Crippen molar-refractivity contribution in [3.63, 3.8) is 0 Å². The molecule has 0 unspecified atom stereocenters. The standard InChI is InChI=1S/C11H23N3O3/c1-4-5-6-9(10(15)16)13-11(17)12-7-8-14(2)3/h9H,4-8H2,1-3H3,(H,15,16)(H2,12,13,17)/t9-/m0/s1. The zero-order valence-corrected chi connectivity index (χ0v) is 10.8. The minimum absolute atomic E-state index is 0.421. The number of carboxylic acids is 1. The molecule has 0 spiro atoms. The van der Waals surface area contributed by atoms with E-state index in [2.05, 4.69) is 10.6 Å². The van der Waals surface area contributed by atoms with Gasteiger partial charge in [-0.15, -0.1) is 0 Å². The van der Waals surface area contributed by atoms with Crippen LogP contribution in [0.15, 0.2) is 0 Å². The Balaban J connectivity index is 3.91. The van der Waals surface area contributed by atoms with Crippen LogP contribution in [0, 0.1) is 0 Å². The number of unbranched alkanes of at least 4 members (excludes halogenated alkanes) is 1. The highest BCUT2D eigenvalue weighted by Gasteiger charge is 2.18. The van der Waals surface area contributed by atoms with Crippen LogP contribution in [-0.4, -0.2) is 55.2 Å². The fourth-order valence-corrected chi connectivity index (χ4v) is 1.27. The number of aliphatic carboxylic acids is 1. The van der Waals surface area contributed by atoms with E-state index in [4.69, 9.17) is 5.11 Å². The summed E-state index contributed by atoms with van der Waals surface area (Å²) in [6, 6.07) is -1.22. The van der Waals surface area contributed by atoms with Crippen LogP contribution in [0.3, 0.4) is 0 Å². The average Bonchev–Trinajstić information content (AvgIpc) is 2.23. The number of nitrogens with zero attached hydrogens (tertiary/aromatic N) is 1. The number of carbonyl (C=O) groups is 2. The van der Waals surface area contributed by atoms with Gasteiger partial charge in [0.15, 0.2) is 0 Å². The van der Waals surface area contributed by atoms with Gasteiger partial charge >= 0.3 is 12.0 Å². The molecule has 2 amide bonds. The van der Waals surface area contributed by atoms with Crippen molar-refractivity contribution in [3.8, 4) is 0 Å². The molecule has 0 aliphatic carbocycles. The molecule has 0 aromatic rings. The number of carboxylic acid groups (broad SMARTS) is 1. The van der Waals surface area contributed by atoms with Gasteiger partial charge in [-0.2, -0.15) is 0 Å². The van der Waals surface area contributed by atoms with Crippen molar-refractivity contribution in [2.24, 2.45) is 0 Å². The van der Waals surface area contributed by atoms with E-state index in [9.17, 15) is 9.59 Å². The van der Waals surface area contributed by atoms with Crippen molar-refractivity contribution in [3.05, 3.63) is 0 Å². The summed E-state index contributed by atoms with van der Waals surface area (Å²) in [5, 5.41) is 14.0. The second-order valence-corrected chi connectivity index (χ2v) is 4.24. The Labute approximate surface area is 102 Å². The Bertz CT molecular complexity index is 244. The molecular weight excluding hydrogens is 222 g/mol. The van der Waals surface area contributed by atoms with Crippen molar-refractivity contribution in [2.75, 3.05) is 27.2 Å². The summed E-state index contributed by atoms with van der Waals surface area (Å²) in [4.78, 5) is 24.2. The summed E-state index contributed by atoms with van der Waals surface area (Å²) >= 11 is 0. The van der Waals surface area contributed by atoms with Gasteiger partial charge in [0.05, 0.1) is 0 Å². The number of hydrogen-bond donors (Lipinski definition) is 3. The first-order valence-electron chi connectivity index (χ1n) is 5.89. The smallest absolute Gasteiger partial charge is 0.326 e. The molecule has 17 heavy (non-hydrogen) atoms. The van der Waals surface area contributed by atoms with Crippen LogP contribution in [-0.2, 0) is 4.79 Å².